The summed E-state index contributed by atoms with van der Waals surface area (Å²) in [7, 11) is 0. The van der Waals surface area contributed by atoms with Crippen molar-refractivity contribution >= 4 is 22.4 Å². The average molecular weight is 613 g/mol. The Hall–Kier alpha value is -3.52. The van der Waals surface area contributed by atoms with Crippen LogP contribution in [-0.4, -0.2) is 59.0 Å². The summed E-state index contributed by atoms with van der Waals surface area (Å²) in [5.41, 5.74) is 1.05. The zero-order chi connectivity index (χ0) is 31.5. The van der Waals surface area contributed by atoms with Crippen LogP contribution in [0.2, 0.25) is 0 Å². The van der Waals surface area contributed by atoms with Gasteiger partial charge in [-0.25, -0.2) is 13.8 Å². The first-order valence-corrected chi connectivity index (χ1v) is 14.4. The van der Waals surface area contributed by atoms with Gasteiger partial charge >= 0.3 is 12.2 Å². The van der Waals surface area contributed by atoms with Gasteiger partial charge < -0.3 is 30.9 Å². The van der Waals surface area contributed by atoms with Gasteiger partial charge in [-0.1, -0.05) is 13.8 Å². The van der Waals surface area contributed by atoms with Crippen LogP contribution in [0.25, 0.3) is 22.2 Å². The largest absolute Gasteiger partial charge is 0.474 e. The highest BCUT2D eigenvalue weighted by atomic mass is 19.4. The highest BCUT2D eigenvalue weighted by Crippen LogP contribution is 2.45. The molecular formula is C29H37F5N6O3. The van der Waals surface area contributed by atoms with Crippen molar-refractivity contribution in [1.29, 1.82) is 0 Å². The molecule has 1 aliphatic carbocycles. The highest BCUT2D eigenvalue weighted by molar-refractivity contribution is 5.96. The van der Waals surface area contributed by atoms with Crippen molar-refractivity contribution in [2.24, 2.45) is 11.8 Å². The van der Waals surface area contributed by atoms with E-state index < -0.39 is 52.0 Å². The van der Waals surface area contributed by atoms with Gasteiger partial charge in [0.05, 0.1) is 24.0 Å². The lowest BCUT2D eigenvalue weighted by Crippen LogP contribution is -2.33. The number of nitrogens with one attached hydrogen (secondary N) is 2. The summed E-state index contributed by atoms with van der Waals surface area (Å²) < 4.78 is 85.3. The number of nitrogen functional groups attached to an aromatic ring is 1. The van der Waals surface area contributed by atoms with Gasteiger partial charge in [0.15, 0.2) is 5.82 Å². The second kappa shape index (κ2) is 13.4. The van der Waals surface area contributed by atoms with Crippen LogP contribution < -0.4 is 25.8 Å². The van der Waals surface area contributed by atoms with E-state index in [0.717, 1.165) is 25.8 Å². The van der Waals surface area contributed by atoms with Crippen molar-refractivity contribution in [2.45, 2.75) is 59.2 Å². The maximum absolute atomic E-state index is 16.3. The fraction of sp³-hybridized carbons (Fsp3) is 0.552. The number of benzene rings is 1. The van der Waals surface area contributed by atoms with E-state index in [1.807, 2.05) is 13.8 Å². The Morgan fingerprint density at radius 2 is 1.77 bits per heavy atom. The van der Waals surface area contributed by atoms with Crippen LogP contribution in [0, 0.1) is 30.4 Å². The summed E-state index contributed by atoms with van der Waals surface area (Å²) in [5.74, 6) is -2.37. The van der Waals surface area contributed by atoms with Crippen LogP contribution in [0.1, 0.15) is 51.2 Å². The van der Waals surface area contributed by atoms with E-state index in [9.17, 15) is 22.7 Å². The van der Waals surface area contributed by atoms with Crippen LogP contribution in [-0.2, 0) is 6.18 Å². The average Bonchev–Trinajstić information content (AvgIpc) is 2.97. The Morgan fingerprint density at radius 3 is 2.42 bits per heavy atom. The Balaban J connectivity index is 0.00000207. The van der Waals surface area contributed by atoms with Crippen LogP contribution in [0.4, 0.5) is 33.5 Å². The molecule has 0 spiro atoms. The number of aliphatic hydroxyl groups is 1. The molecule has 0 saturated heterocycles. The minimum absolute atomic E-state index is 0.0106. The Kier molecular flexibility index (Phi) is 10.1. The molecule has 1 aromatic carbocycles. The van der Waals surface area contributed by atoms with Crippen molar-refractivity contribution < 1.29 is 36.5 Å². The molecular weight excluding hydrogens is 575 g/mol. The first-order valence-electron chi connectivity index (χ1n) is 14.4. The molecule has 3 aromatic rings. The second-order valence-corrected chi connectivity index (χ2v) is 10.5. The molecule has 2 aromatic heterocycles. The summed E-state index contributed by atoms with van der Waals surface area (Å²) in [6.07, 6.45) is -3.30. The number of nitrogens with two attached hydrogens (primary N) is 1. The number of hydrogen-bond acceptors (Lipinski definition) is 9. The monoisotopic (exact) mass is 612 g/mol. The van der Waals surface area contributed by atoms with Crippen molar-refractivity contribution in [1.82, 2.24) is 20.3 Å². The van der Waals surface area contributed by atoms with Gasteiger partial charge in [-0.3, -0.25) is 0 Å². The lowest BCUT2D eigenvalue weighted by molar-refractivity contribution is -0.137. The van der Waals surface area contributed by atoms with E-state index in [4.69, 9.17) is 15.2 Å². The molecule has 1 fully saturated rings. The molecule has 0 radical (unpaired) electrons. The normalized spacial score (nSPS) is 20.6. The Labute approximate surface area is 246 Å². The molecule has 236 valence electrons. The summed E-state index contributed by atoms with van der Waals surface area (Å²) in [6.45, 7) is 8.36. The molecule has 14 heteroatoms. The maximum Gasteiger partial charge on any atom is 0.417 e. The predicted molar refractivity (Wildman–Crippen MR) is 153 cm³/mol. The molecule has 3 unspecified atom stereocenters. The summed E-state index contributed by atoms with van der Waals surface area (Å²) in [5, 5.41) is 15.9. The van der Waals surface area contributed by atoms with Crippen LogP contribution >= 0.6 is 0 Å². The van der Waals surface area contributed by atoms with E-state index >= 15 is 4.39 Å². The highest BCUT2D eigenvalue weighted by Gasteiger charge is 2.39. The molecule has 1 aliphatic heterocycles. The van der Waals surface area contributed by atoms with Crippen molar-refractivity contribution in [2.75, 3.05) is 43.9 Å². The standard InChI is InChI=1S/C27H31F5N6O3.C2H6/c1-12-5-6-34-7-8-35-24-18-23(37-26(38-24)40-11-15-4-3-14(15)10-39)21(29)22(36-25(18)41-12)16-9-17(33)20(28)13(2)19(16)27(30,31)32;1-2/h9,12,14-15,34,39H,3-8,10-11,33H2,1-2H3,(H,35,37,38);1-2H3. The molecule has 1 saturated carbocycles. The number of pyridine rings is 1. The molecule has 5 N–H and O–H groups in total. The third-order valence-electron chi connectivity index (χ3n) is 7.67. The Morgan fingerprint density at radius 1 is 1.05 bits per heavy atom. The van der Waals surface area contributed by atoms with Gasteiger partial charge in [0, 0.05) is 25.3 Å². The number of rotatable bonds is 5. The van der Waals surface area contributed by atoms with Gasteiger partial charge in [0.2, 0.25) is 5.88 Å². The van der Waals surface area contributed by atoms with Gasteiger partial charge in [0.25, 0.3) is 0 Å². The van der Waals surface area contributed by atoms with E-state index in [1.54, 1.807) is 6.92 Å². The van der Waals surface area contributed by atoms with Crippen LogP contribution in [0.5, 0.6) is 11.9 Å². The second-order valence-electron chi connectivity index (χ2n) is 10.5. The number of hydrogen-bond donors (Lipinski definition) is 4. The molecule has 0 amide bonds. The minimum atomic E-state index is -5.05. The summed E-state index contributed by atoms with van der Waals surface area (Å²) >= 11 is 0. The molecule has 0 bridgehead atoms. The van der Waals surface area contributed by atoms with Gasteiger partial charge in [-0.05, 0) is 63.1 Å². The number of anilines is 2. The molecule has 9 nitrogen and oxygen atoms in total. The van der Waals surface area contributed by atoms with E-state index in [0.29, 0.717) is 26.1 Å². The Bertz CT molecular complexity index is 1450. The summed E-state index contributed by atoms with van der Waals surface area (Å²) in [4.78, 5) is 12.9. The SMILES string of the molecule is CC.Cc1c(F)c(N)cc(-c2nc3c4c(nc(OCC5CCC5CO)nc4c2F)NCCNCCC(C)O3)c1C(F)(F)F. The van der Waals surface area contributed by atoms with Crippen LogP contribution in [0.3, 0.4) is 0 Å². The van der Waals surface area contributed by atoms with Gasteiger partial charge in [-0.15, -0.1) is 0 Å². The molecule has 2 aliphatic rings. The number of nitrogens with zero attached hydrogens (tertiary/aromatic N) is 3. The molecule has 3 atom stereocenters. The first-order chi connectivity index (χ1) is 20.5. The smallest absolute Gasteiger partial charge is 0.417 e. The molecule has 5 rings (SSSR count). The van der Waals surface area contributed by atoms with E-state index in [2.05, 4.69) is 25.6 Å². The van der Waals surface area contributed by atoms with E-state index in [-0.39, 0.29) is 53.7 Å². The zero-order valence-corrected chi connectivity index (χ0v) is 24.5. The molecule has 3 heterocycles. The maximum atomic E-state index is 16.3. The number of alkyl halides is 3. The number of ether oxygens (including phenoxy) is 2. The van der Waals surface area contributed by atoms with Crippen molar-refractivity contribution in [3.05, 3.63) is 28.8 Å². The van der Waals surface area contributed by atoms with E-state index in [1.165, 1.54) is 0 Å². The third-order valence-corrected chi connectivity index (χ3v) is 7.67. The summed E-state index contributed by atoms with van der Waals surface area (Å²) in [6, 6.07) is 0.518. The van der Waals surface area contributed by atoms with Gasteiger partial charge in [0.1, 0.15) is 28.2 Å². The first kappa shape index (κ1) is 32.4. The number of halogens is 5. The van der Waals surface area contributed by atoms with Crippen molar-refractivity contribution in [3.63, 3.8) is 0 Å². The van der Waals surface area contributed by atoms with Crippen molar-refractivity contribution in [3.8, 4) is 23.1 Å². The lowest BCUT2D eigenvalue weighted by Gasteiger charge is -2.34. The fourth-order valence-electron chi connectivity index (χ4n) is 5.18. The number of aromatic nitrogens is 3. The fourth-order valence-corrected chi connectivity index (χ4v) is 5.18. The van der Waals surface area contributed by atoms with Gasteiger partial charge in [-0.2, -0.15) is 23.1 Å². The topological polar surface area (TPSA) is 127 Å². The number of aliphatic hydroxyl groups excluding tert-OH is 1. The quantitative estimate of drug-likeness (QED) is 0.219. The third kappa shape index (κ3) is 6.69. The minimum Gasteiger partial charge on any atom is -0.474 e. The molecule has 43 heavy (non-hydrogen) atoms. The van der Waals surface area contributed by atoms with Crippen LogP contribution in [0.15, 0.2) is 6.07 Å². The predicted octanol–water partition coefficient (Wildman–Crippen LogP) is 5.48. The lowest BCUT2D eigenvalue weighted by atomic mass is 9.75. The zero-order valence-electron chi connectivity index (χ0n) is 24.5.